The second-order valence-corrected chi connectivity index (χ2v) is 3.36. The van der Waals surface area contributed by atoms with Gasteiger partial charge < -0.3 is 11.1 Å². The third-order valence-corrected chi connectivity index (χ3v) is 2.34. The molecular formula is C9H11ClF2N2. The van der Waals surface area contributed by atoms with E-state index >= 15 is 0 Å². The molecule has 1 aromatic carbocycles. The minimum Gasteiger partial charge on any atom is -0.319 e. The maximum atomic E-state index is 13.2. The van der Waals surface area contributed by atoms with Crippen molar-refractivity contribution < 1.29 is 8.78 Å². The van der Waals surface area contributed by atoms with Crippen LogP contribution in [0.2, 0.25) is 0 Å². The van der Waals surface area contributed by atoms with Crippen molar-refractivity contribution in [3.8, 4) is 0 Å². The molecule has 1 fully saturated rings. The van der Waals surface area contributed by atoms with Crippen LogP contribution in [0.25, 0.3) is 0 Å². The molecule has 0 saturated carbocycles. The van der Waals surface area contributed by atoms with Crippen molar-refractivity contribution >= 4 is 12.4 Å². The fraction of sp³-hybridized carbons (Fsp3) is 0.333. The molecule has 3 N–H and O–H groups in total. The summed E-state index contributed by atoms with van der Waals surface area (Å²) in [6.07, 6.45) is 0. The minimum atomic E-state index is -0.866. The molecule has 0 bridgehead atoms. The summed E-state index contributed by atoms with van der Waals surface area (Å²) < 4.78 is 26.4. The van der Waals surface area contributed by atoms with Crippen LogP contribution in [0.4, 0.5) is 8.78 Å². The van der Waals surface area contributed by atoms with E-state index in [1.54, 1.807) is 0 Å². The summed E-state index contributed by atoms with van der Waals surface area (Å²) in [4.78, 5) is 0. The van der Waals surface area contributed by atoms with E-state index in [0.29, 0.717) is 13.1 Å². The lowest BCUT2D eigenvalue weighted by atomic mass is 9.85. The molecule has 0 aliphatic carbocycles. The maximum Gasteiger partial charge on any atom is 0.131 e. The summed E-state index contributed by atoms with van der Waals surface area (Å²) in [6.45, 7) is 0.843. The van der Waals surface area contributed by atoms with Gasteiger partial charge in [-0.3, -0.25) is 0 Å². The summed E-state index contributed by atoms with van der Waals surface area (Å²) in [6, 6.07) is 3.79. The number of benzene rings is 1. The Morgan fingerprint density at radius 2 is 1.71 bits per heavy atom. The monoisotopic (exact) mass is 220 g/mol. The first-order chi connectivity index (χ1) is 6.13. The van der Waals surface area contributed by atoms with E-state index in [0.717, 1.165) is 0 Å². The molecule has 1 heterocycles. The summed E-state index contributed by atoms with van der Waals surface area (Å²) >= 11 is 0. The van der Waals surface area contributed by atoms with E-state index < -0.39 is 17.2 Å². The number of rotatable bonds is 1. The predicted molar refractivity (Wildman–Crippen MR) is 52.3 cm³/mol. The lowest BCUT2D eigenvalue weighted by Crippen LogP contribution is -2.63. The molecule has 1 aliphatic heterocycles. The minimum absolute atomic E-state index is 0. The van der Waals surface area contributed by atoms with E-state index in [2.05, 4.69) is 5.32 Å². The van der Waals surface area contributed by atoms with E-state index in [1.807, 2.05) is 0 Å². The first-order valence-electron chi connectivity index (χ1n) is 4.07. The van der Waals surface area contributed by atoms with Gasteiger partial charge in [-0.15, -0.1) is 12.4 Å². The van der Waals surface area contributed by atoms with Crippen molar-refractivity contribution in [2.45, 2.75) is 5.54 Å². The second-order valence-electron chi connectivity index (χ2n) is 3.36. The molecular weight excluding hydrogens is 210 g/mol. The predicted octanol–water partition coefficient (Wildman–Crippen LogP) is 1.14. The molecule has 2 nitrogen and oxygen atoms in total. The van der Waals surface area contributed by atoms with E-state index in [-0.39, 0.29) is 18.0 Å². The molecule has 0 spiro atoms. The van der Waals surface area contributed by atoms with Crippen LogP contribution in [0.15, 0.2) is 18.2 Å². The zero-order chi connectivity index (χ0) is 9.47. The van der Waals surface area contributed by atoms with Crippen LogP contribution in [0.1, 0.15) is 5.56 Å². The molecule has 1 aliphatic rings. The van der Waals surface area contributed by atoms with Crippen molar-refractivity contribution in [2.75, 3.05) is 13.1 Å². The van der Waals surface area contributed by atoms with Gasteiger partial charge in [0, 0.05) is 18.7 Å². The van der Waals surface area contributed by atoms with Gasteiger partial charge in [0.2, 0.25) is 0 Å². The molecule has 5 heteroatoms. The van der Waals surface area contributed by atoms with Gasteiger partial charge in [0.25, 0.3) is 0 Å². The van der Waals surface area contributed by atoms with Crippen molar-refractivity contribution in [2.24, 2.45) is 5.73 Å². The number of nitrogens with two attached hydrogens (primary N) is 1. The summed E-state index contributed by atoms with van der Waals surface area (Å²) in [7, 11) is 0. The largest absolute Gasteiger partial charge is 0.319 e. The van der Waals surface area contributed by atoms with Gasteiger partial charge in [0.05, 0.1) is 5.54 Å². The third kappa shape index (κ3) is 1.61. The van der Waals surface area contributed by atoms with Gasteiger partial charge in [-0.05, 0) is 12.1 Å². The first-order valence-corrected chi connectivity index (χ1v) is 4.07. The molecule has 1 aromatic rings. The number of halogens is 3. The molecule has 78 valence electrons. The van der Waals surface area contributed by atoms with E-state index in [1.165, 1.54) is 18.2 Å². The highest BCUT2D eigenvalue weighted by atomic mass is 35.5. The van der Waals surface area contributed by atoms with Crippen molar-refractivity contribution in [1.82, 2.24) is 5.32 Å². The van der Waals surface area contributed by atoms with Crippen LogP contribution >= 0.6 is 12.4 Å². The highest BCUT2D eigenvalue weighted by molar-refractivity contribution is 5.85. The third-order valence-electron chi connectivity index (χ3n) is 2.34. The van der Waals surface area contributed by atoms with Crippen LogP contribution in [0.5, 0.6) is 0 Å². The number of nitrogens with one attached hydrogen (secondary N) is 1. The zero-order valence-electron chi connectivity index (χ0n) is 7.39. The Kier molecular flexibility index (Phi) is 3.09. The first kappa shape index (κ1) is 11.4. The maximum absolute atomic E-state index is 13.2. The number of hydrogen-bond donors (Lipinski definition) is 2. The molecule has 0 aromatic heterocycles. The summed E-state index contributed by atoms with van der Waals surface area (Å²) in [5.74, 6) is -1.13. The molecule has 0 radical (unpaired) electrons. The van der Waals surface area contributed by atoms with Gasteiger partial charge in [-0.2, -0.15) is 0 Å². The second kappa shape index (κ2) is 3.81. The summed E-state index contributed by atoms with van der Waals surface area (Å²) in [5, 5.41) is 2.90. The molecule has 14 heavy (non-hydrogen) atoms. The van der Waals surface area contributed by atoms with Crippen molar-refractivity contribution in [3.63, 3.8) is 0 Å². The van der Waals surface area contributed by atoms with Crippen LogP contribution in [0, 0.1) is 11.6 Å². The van der Waals surface area contributed by atoms with E-state index in [4.69, 9.17) is 5.73 Å². The Labute approximate surface area is 86.9 Å². The smallest absolute Gasteiger partial charge is 0.131 e. The highest BCUT2D eigenvalue weighted by Crippen LogP contribution is 2.27. The van der Waals surface area contributed by atoms with Gasteiger partial charge in [-0.1, -0.05) is 6.07 Å². The molecule has 0 amide bonds. The SMILES string of the molecule is Cl.NC1(c2c(F)cccc2F)CNC1. The molecule has 2 rings (SSSR count). The topological polar surface area (TPSA) is 38.0 Å². The molecule has 0 atom stereocenters. The Morgan fingerprint density at radius 3 is 2.07 bits per heavy atom. The van der Waals surface area contributed by atoms with Crippen LogP contribution in [0.3, 0.4) is 0 Å². The standard InChI is InChI=1S/C9H10F2N2.ClH/c10-6-2-1-3-7(11)8(6)9(12)4-13-5-9;/h1-3,13H,4-5,12H2;1H. The van der Waals surface area contributed by atoms with Crippen molar-refractivity contribution in [3.05, 3.63) is 35.4 Å². The van der Waals surface area contributed by atoms with Gasteiger partial charge in [0.1, 0.15) is 11.6 Å². The van der Waals surface area contributed by atoms with Gasteiger partial charge >= 0.3 is 0 Å². The average Bonchev–Trinajstić information content (AvgIpc) is 2.01. The molecule has 0 unspecified atom stereocenters. The van der Waals surface area contributed by atoms with E-state index in [9.17, 15) is 8.78 Å². The normalized spacial score (nSPS) is 18.2. The Bertz CT molecular complexity index is 319. The average molecular weight is 221 g/mol. The number of hydrogen-bond acceptors (Lipinski definition) is 2. The molecule has 1 saturated heterocycles. The highest BCUT2D eigenvalue weighted by Gasteiger charge is 2.38. The zero-order valence-corrected chi connectivity index (χ0v) is 8.20. The Hall–Kier alpha value is -0.710. The fourth-order valence-electron chi connectivity index (χ4n) is 1.54. The van der Waals surface area contributed by atoms with Gasteiger partial charge in [-0.25, -0.2) is 8.78 Å². The van der Waals surface area contributed by atoms with Crippen molar-refractivity contribution in [1.29, 1.82) is 0 Å². The van der Waals surface area contributed by atoms with Crippen LogP contribution < -0.4 is 11.1 Å². The summed E-state index contributed by atoms with van der Waals surface area (Å²) in [5.41, 5.74) is 4.91. The van der Waals surface area contributed by atoms with Crippen LogP contribution in [-0.4, -0.2) is 13.1 Å². The quantitative estimate of drug-likeness (QED) is 0.745. The lowest BCUT2D eigenvalue weighted by molar-refractivity contribution is 0.267. The Morgan fingerprint density at radius 1 is 1.21 bits per heavy atom. The van der Waals surface area contributed by atoms with Crippen LogP contribution in [-0.2, 0) is 5.54 Å². The fourth-order valence-corrected chi connectivity index (χ4v) is 1.54. The Balaban J connectivity index is 0.000000980. The van der Waals surface area contributed by atoms with Gasteiger partial charge in [0.15, 0.2) is 0 Å². The lowest BCUT2D eigenvalue weighted by Gasteiger charge is -2.39.